The number of ether oxygens (including phenoxy) is 2. The summed E-state index contributed by atoms with van der Waals surface area (Å²) in [6.07, 6.45) is 5.97. The van der Waals surface area contributed by atoms with Crippen molar-refractivity contribution < 1.29 is 9.47 Å². The Labute approximate surface area is 131 Å². The second-order valence-corrected chi connectivity index (χ2v) is 5.76. The molecule has 0 amide bonds. The fraction of sp³-hybridized carbons (Fsp3) is 0.625. The van der Waals surface area contributed by atoms with E-state index in [4.69, 9.17) is 9.47 Å². The van der Waals surface area contributed by atoms with Gasteiger partial charge in [-0.15, -0.1) is 0 Å². The van der Waals surface area contributed by atoms with Crippen LogP contribution in [0, 0.1) is 0 Å². The van der Waals surface area contributed by atoms with Crippen LogP contribution in [0.2, 0.25) is 0 Å². The van der Waals surface area contributed by atoms with Crippen molar-refractivity contribution in [2.24, 2.45) is 4.99 Å². The lowest BCUT2D eigenvalue weighted by Gasteiger charge is -2.22. The van der Waals surface area contributed by atoms with Gasteiger partial charge >= 0.3 is 0 Å². The third kappa shape index (κ3) is 3.50. The van der Waals surface area contributed by atoms with Crippen molar-refractivity contribution in [2.45, 2.75) is 51.0 Å². The van der Waals surface area contributed by atoms with E-state index in [9.17, 15) is 0 Å². The Morgan fingerprint density at radius 3 is 3.09 bits per heavy atom. The third-order valence-electron chi connectivity index (χ3n) is 4.20. The molecule has 2 N–H and O–H groups in total. The Bertz CT molecular complexity index is 535. The number of nitrogens with one attached hydrogen (secondary N) is 2. The molecular weight excluding hydrogens is 280 g/mol. The highest BCUT2D eigenvalue weighted by Gasteiger charge is 2.41. The maximum Gasteiger partial charge on any atom is 0.213 e. The standard InChI is InChI=1S/C16H24N4O2/c1-3-17-16(20-13-9-12-4-5-14(13)22-12)19-10-11-6-7-18-15(8-11)21-2/h6-8,12-14H,3-5,9-10H2,1-2H3,(H2,17,19,20). The molecule has 2 fully saturated rings. The zero-order chi connectivity index (χ0) is 15.4. The van der Waals surface area contributed by atoms with E-state index in [1.165, 1.54) is 6.42 Å². The summed E-state index contributed by atoms with van der Waals surface area (Å²) in [5.41, 5.74) is 1.08. The molecule has 22 heavy (non-hydrogen) atoms. The van der Waals surface area contributed by atoms with E-state index in [0.717, 1.165) is 30.9 Å². The maximum absolute atomic E-state index is 5.89. The van der Waals surface area contributed by atoms with Crippen LogP contribution in [0.15, 0.2) is 23.3 Å². The Hall–Kier alpha value is -1.82. The molecule has 6 nitrogen and oxygen atoms in total. The van der Waals surface area contributed by atoms with Gasteiger partial charge in [-0.3, -0.25) is 0 Å². The molecule has 0 aromatic carbocycles. The van der Waals surface area contributed by atoms with Crippen molar-refractivity contribution in [2.75, 3.05) is 13.7 Å². The summed E-state index contributed by atoms with van der Waals surface area (Å²) in [7, 11) is 1.62. The van der Waals surface area contributed by atoms with Crippen LogP contribution in [-0.4, -0.2) is 42.8 Å². The minimum absolute atomic E-state index is 0.342. The Morgan fingerprint density at radius 1 is 1.50 bits per heavy atom. The van der Waals surface area contributed by atoms with Gasteiger partial charge in [-0.05, 0) is 37.8 Å². The van der Waals surface area contributed by atoms with Gasteiger partial charge in [0.15, 0.2) is 5.96 Å². The number of guanidine groups is 1. The summed E-state index contributed by atoms with van der Waals surface area (Å²) < 4.78 is 11.0. The first-order valence-corrected chi connectivity index (χ1v) is 7.97. The van der Waals surface area contributed by atoms with E-state index in [1.807, 2.05) is 12.1 Å². The van der Waals surface area contributed by atoms with Crippen LogP contribution in [0.3, 0.4) is 0 Å². The van der Waals surface area contributed by atoms with Gasteiger partial charge in [0, 0.05) is 18.8 Å². The van der Waals surface area contributed by atoms with E-state index in [-0.39, 0.29) is 0 Å². The van der Waals surface area contributed by atoms with Crippen molar-refractivity contribution in [3.63, 3.8) is 0 Å². The fourth-order valence-corrected chi connectivity index (χ4v) is 3.12. The summed E-state index contributed by atoms with van der Waals surface area (Å²) in [4.78, 5) is 8.77. The molecule has 0 saturated carbocycles. The molecule has 0 radical (unpaired) electrons. The number of aliphatic imine (C=N–C) groups is 1. The average Bonchev–Trinajstić information content (AvgIpc) is 3.16. The quantitative estimate of drug-likeness (QED) is 0.637. The van der Waals surface area contributed by atoms with Crippen LogP contribution in [0.5, 0.6) is 5.88 Å². The van der Waals surface area contributed by atoms with Crippen molar-refractivity contribution >= 4 is 5.96 Å². The van der Waals surface area contributed by atoms with Crippen LogP contribution >= 0.6 is 0 Å². The number of aromatic nitrogens is 1. The van der Waals surface area contributed by atoms with Crippen LogP contribution in [0.25, 0.3) is 0 Å². The molecule has 3 heterocycles. The molecule has 0 spiro atoms. The molecule has 1 aromatic heterocycles. The van der Waals surface area contributed by atoms with Gasteiger partial charge in [-0.1, -0.05) is 0 Å². The highest BCUT2D eigenvalue weighted by atomic mass is 16.5. The Kier molecular flexibility index (Phi) is 4.77. The summed E-state index contributed by atoms with van der Waals surface area (Å²) in [6.45, 7) is 3.51. The number of nitrogens with zero attached hydrogens (tertiary/aromatic N) is 2. The molecule has 0 aliphatic carbocycles. The topological polar surface area (TPSA) is 67.8 Å². The second kappa shape index (κ2) is 6.96. The lowest BCUT2D eigenvalue weighted by atomic mass is 9.96. The molecule has 3 unspecified atom stereocenters. The van der Waals surface area contributed by atoms with Gasteiger partial charge in [0.1, 0.15) is 0 Å². The second-order valence-electron chi connectivity index (χ2n) is 5.76. The van der Waals surface area contributed by atoms with Gasteiger partial charge in [0.2, 0.25) is 5.88 Å². The largest absolute Gasteiger partial charge is 0.481 e. The molecular formula is C16H24N4O2. The monoisotopic (exact) mass is 304 g/mol. The minimum Gasteiger partial charge on any atom is -0.481 e. The molecule has 2 saturated heterocycles. The first-order valence-electron chi connectivity index (χ1n) is 7.97. The Balaban J connectivity index is 1.62. The van der Waals surface area contributed by atoms with E-state index in [0.29, 0.717) is 30.7 Å². The van der Waals surface area contributed by atoms with Crippen LogP contribution in [0.1, 0.15) is 31.7 Å². The van der Waals surface area contributed by atoms with Gasteiger partial charge in [0.25, 0.3) is 0 Å². The van der Waals surface area contributed by atoms with E-state index >= 15 is 0 Å². The first kappa shape index (κ1) is 15.1. The van der Waals surface area contributed by atoms with Crippen LogP contribution in [0.4, 0.5) is 0 Å². The summed E-state index contributed by atoms with van der Waals surface area (Å²) in [6, 6.07) is 4.24. The predicted molar refractivity (Wildman–Crippen MR) is 85.0 cm³/mol. The molecule has 3 rings (SSSR count). The zero-order valence-corrected chi connectivity index (χ0v) is 13.2. The van der Waals surface area contributed by atoms with Crippen molar-refractivity contribution in [1.82, 2.24) is 15.6 Å². The third-order valence-corrected chi connectivity index (χ3v) is 4.20. The molecule has 2 aliphatic rings. The van der Waals surface area contributed by atoms with Gasteiger partial charge in [-0.25, -0.2) is 9.98 Å². The smallest absolute Gasteiger partial charge is 0.213 e. The molecule has 2 bridgehead atoms. The minimum atomic E-state index is 0.342. The molecule has 1 aromatic rings. The number of pyridine rings is 1. The van der Waals surface area contributed by atoms with Gasteiger partial charge in [0.05, 0.1) is 31.9 Å². The lowest BCUT2D eigenvalue weighted by Crippen LogP contribution is -2.47. The van der Waals surface area contributed by atoms with Crippen molar-refractivity contribution in [1.29, 1.82) is 0 Å². The number of fused-ring (bicyclic) bond motifs is 2. The Morgan fingerprint density at radius 2 is 2.41 bits per heavy atom. The van der Waals surface area contributed by atoms with Crippen molar-refractivity contribution in [3.05, 3.63) is 23.9 Å². The zero-order valence-electron chi connectivity index (χ0n) is 13.2. The SMILES string of the molecule is CCNC(=NCc1ccnc(OC)c1)NC1CC2CCC1O2. The van der Waals surface area contributed by atoms with Gasteiger partial charge in [-0.2, -0.15) is 0 Å². The molecule has 120 valence electrons. The molecule has 6 heteroatoms. The lowest BCUT2D eigenvalue weighted by molar-refractivity contribution is 0.0992. The van der Waals surface area contributed by atoms with E-state index < -0.39 is 0 Å². The number of hydrogen-bond acceptors (Lipinski definition) is 4. The summed E-state index contributed by atoms with van der Waals surface area (Å²) >= 11 is 0. The highest BCUT2D eigenvalue weighted by molar-refractivity contribution is 5.80. The van der Waals surface area contributed by atoms with E-state index in [2.05, 4.69) is 27.5 Å². The molecule has 2 aliphatic heterocycles. The fourth-order valence-electron chi connectivity index (χ4n) is 3.12. The maximum atomic E-state index is 5.89. The van der Waals surface area contributed by atoms with Crippen molar-refractivity contribution in [3.8, 4) is 5.88 Å². The first-order chi connectivity index (χ1) is 10.8. The van der Waals surface area contributed by atoms with Crippen LogP contribution < -0.4 is 15.4 Å². The van der Waals surface area contributed by atoms with E-state index in [1.54, 1.807) is 13.3 Å². The highest BCUT2D eigenvalue weighted by Crippen LogP contribution is 2.34. The number of hydrogen-bond donors (Lipinski definition) is 2. The normalized spacial score (nSPS) is 27.0. The predicted octanol–water partition coefficient (Wildman–Crippen LogP) is 1.47. The van der Waals surface area contributed by atoms with Gasteiger partial charge < -0.3 is 20.1 Å². The number of rotatable bonds is 5. The molecule has 3 atom stereocenters. The average molecular weight is 304 g/mol. The van der Waals surface area contributed by atoms with Crippen LogP contribution in [-0.2, 0) is 11.3 Å². The summed E-state index contributed by atoms with van der Waals surface area (Å²) in [5, 5.41) is 6.82. The number of methoxy groups -OCH3 is 1. The summed E-state index contributed by atoms with van der Waals surface area (Å²) in [5.74, 6) is 1.46.